The standard InChI is InChI=1S/C22H32N6O3/c1-22(2,3)31-21(30)18-12-14-11-15(5-6-17(14)26-18)25-20(29)16(23)13-19(24)28-9-7-27(4)8-10-28/h5-6,11-12,16,24,26H,7-10,13,23H2,1-4H3,(H,25,29)/t16-/m0/s1. The van der Waals surface area contributed by atoms with E-state index in [4.69, 9.17) is 15.9 Å². The van der Waals surface area contributed by atoms with Crippen molar-refractivity contribution in [3.63, 3.8) is 0 Å². The molecule has 1 aromatic heterocycles. The van der Waals surface area contributed by atoms with E-state index in [-0.39, 0.29) is 12.3 Å². The highest BCUT2D eigenvalue weighted by Gasteiger charge is 2.22. The SMILES string of the molecule is CN1CCN(C(=N)C[C@H](N)C(=O)Nc2ccc3[nH]c(C(=O)OC(C)(C)C)cc3c2)CC1. The Labute approximate surface area is 182 Å². The third kappa shape index (κ3) is 6.05. The number of nitrogens with two attached hydrogens (primary N) is 1. The summed E-state index contributed by atoms with van der Waals surface area (Å²) in [4.78, 5) is 32.0. The molecule has 1 aliphatic heterocycles. The molecule has 1 fully saturated rings. The number of rotatable bonds is 5. The fourth-order valence-corrected chi connectivity index (χ4v) is 3.39. The molecule has 9 heteroatoms. The van der Waals surface area contributed by atoms with Gasteiger partial charge in [0.25, 0.3) is 0 Å². The molecule has 5 N–H and O–H groups in total. The summed E-state index contributed by atoms with van der Waals surface area (Å²) in [7, 11) is 2.05. The van der Waals surface area contributed by atoms with Gasteiger partial charge in [-0.1, -0.05) is 0 Å². The van der Waals surface area contributed by atoms with Gasteiger partial charge in [-0.3, -0.25) is 10.2 Å². The molecule has 2 heterocycles. The van der Waals surface area contributed by atoms with Crippen LogP contribution in [-0.4, -0.2) is 77.4 Å². The molecular weight excluding hydrogens is 396 g/mol. The lowest BCUT2D eigenvalue weighted by molar-refractivity contribution is -0.117. The van der Waals surface area contributed by atoms with Gasteiger partial charge in [-0.05, 0) is 52.1 Å². The lowest BCUT2D eigenvalue weighted by atomic mass is 10.1. The Bertz CT molecular complexity index is 969. The van der Waals surface area contributed by atoms with Crippen LogP contribution in [-0.2, 0) is 9.53 Å². The Balaban J connectivity index is 1.60. The Morgan fingerprint density at radius 2 is 1.90 bits per heavy atom. The number of nitrogens with zero attached hydrogens (tertiary/aromatic N) is 2. The summed E-state index contributed by atoms with van der Waals surface area (Å²) in [6.07, 6.45) is 0.185. The summed E-state index contributed by atoms with van der Waals surface area (Å²) < 4.78 is 5.39. The molecule has 0 bridgehead atoms. The molecule has 1 amide bonds. The van der Waals surface area contributed by atoms with Gasteiger partial charge < -0.3 is 30.6 Å². The number of anilines is 1. The van der Waals surface area contributed by atoms with Gasteiger partial charge in [-0.15, -0.1) is 0 Å². The number of hydrogen-bond acceptors (Lipinski definition) is 6. The second kappa shape index (κ2) is 9.07. The van der Waals surface area contributed by atoms with Gasteiger partial charge in [0.2, 0.25) is 5.91 Å². The second-order valence-electron chi connectivity index (χ2n) is 9.02. The summed E-state index contributed by atoms with van der Waals surface area (Å²) in [5.41, 5.74) is 7.17. The number of carbonyl (C=O) groups excluding carboxylic acids is 2. The molecule has 1 aromatic carbocycles. The minimum Gasteiger partial charge on any atom is -0.455 e. The Kier molecular flexibility index (Phi) is 6.66. The highest BCUT2D eigenvalue weighted by Crippen LogP contribution is 2.22. The second-order valence-corrected chi connectivity index (χ2v) is 9.02. The molecule has 1 aliphatic rings. The summed E-state index contributed by atoms with van der Waals surface area (Å²) >= 11 is 0. The number of aromatic amines is 1. The van der Waals surface area contributed by atoms with Crippen molar-refractivity contribution in [2.75, 3.05) is 38.5 Å². The fourth-order valence-electron chi connectivity index (χ4n) is 3.39. The van der Waals surface area contributed by atoms with Crippen molar-refractivity contribution < 1.29 is 14.3 Å². The molecule has 31 heavy (non-hydrogen) atoms. The highest BCUT2D eigenvalue weighted by molar-refractivity contribution is 6.00. The summed E-state index contributed by atoms with van der Waals surface area (Å²) in [6, 6.07) is 6.19. The van der Waals surface area contributed by atoms with E-state index >= 15 is 0 Å². The van der Waals surface area contributed by atoms with E-state index < -0.39 is 17.6 Å². The molecular formula is C22H32N6O3. The average Bonchev–Trinajstić information content (AvgIpc) is 3.10. The van der Waals surface area contributed by atoms with Gasteiger partial charge in [0, 0.05) is 49.2 Å². The number of carbonyl (C=O) groups is 2. The predicted molar refractivity (Wildman–Crippen MR) is 121 cm³/mol. The van der Waals surface area contributed by atoms with Crippen molar-refractivity contribution in [1.29, 1.82) is 5.41 Å². The zero-order valence-electron chi connectivity index (χ0n) is 18.6. The Morgan fingerprint density at radius 3 is 2.55 bits per heavy atom. The number of hydrogen-bond donors (Lipinski definition) is 4. The third-order valence-corrected chi connectivity index (χ3v) is 5.14. The van der Waals surface area contributed by atoms with Crippen molar-refractivity contribution in [3.8, 4) is 0 Å². The minimum atomic E-state index is -0.814. The van der Waals surface area contributed by atoms with Crippen LogP contribution in [0.5, 0.6) is 0 Å². The maximum Gasteiger partial charge on any atom is 0.355 e. The number of esters is 1. The molecule has 0 unspecified atom stereocenters. The number of fused-ring (bicyclic) bond motifs is 1. The molecule has 168 valence electrons. The van der Waals surface area contributed by atoms with E-state index in [1.807, 2.05) is 25.7 Å². The van der Waals surface area contributed by atoms with Crippen LogP contribution in [0.3, 0.4) is 0 Å². The fraction of sp³-hybridized carbons (Fsp3) is 0.500. The van der Waals surface area contributed by atoms with Crippen LogP contribution in [0.1, 0.15) is 37.7 Å². The number of nitrogens with one attached hydrogen (secondary N) is 3. The van der Waals surface area contributed by atoms with E-state index in [0.29, 0.717) is 17.2 Å². The number of amidine groups is 1. The van der Waals surface area contributed by atoms with Crippen molar-refractivity contribution in [2.24, 2.45) is 5.73 Å². The molecule has 0 saturated carbocycles. The van der Waals surface area contributed by atoms with Crippen LogP contribution in [0.2, 0.25) is 0 Å². The Morgan fingerprint density at radius 1 is 1.23 bits per heavy atom. The number of likely N-dealkylation sites (N-methyl/N-ethyl adjacent to an activating group) is 1. The van der Waals surface area contributed by atoms with Crippen molar-refractivity contribution in [3.05, 3.63) is 30.0 Å². The number of ether oxygens (including phenoxy) is 1. The lowest BCUT2D eigenvalue weighted by Gasteiger charge is -2.34. The van der Waals surface area contributed by atoms with Crippen LogP contribution in [0.4, 0.5) is 5.69 Å². The third-order valence-electron chi connectivity index (χ3n) is 5.14. The van der Waals surface area contributed by atoms with E-state index in [0.717, 1.165) is 37.1 Å². The number of aromatic nitrogens is 1. The van der Waals surface area contributed by atoms with Crippen LogP contribution in [0.15, 0.2) is 24.3 Å². The normalized spacial score (nSPS) is 16.2. The first-order chi connectivity index (χ1) is 14.5. The first-order valence-corrected chi connectivity index (χ1v) is 10.5. The molecule has 3 rings (SSSR count). The summed E-state index contributed by atoms with van der Waals surface area (Å²) in [5, 5.41) is 11.8. The largest absolute Gasteiger partial charge is 0.455 e. The van der Waals surface area contributed by atoms with Crippen LogP contribution in [0, 0.1) is 5.41 Å². The molecule has 2 aromatic rings. The summed E-state index contributed by atoms with van der Waals surface area (Å²) in [6.45, 7) is 8.77. The van der Waals surface area contributed by atoms with Crippen LogP contribution < -0.4 is 11.1 Å². The minimum absolute atomic E-state index is 0.185. The maximum absolute atomic E-state index is 12.5. The molecule has 1 atom stereocenters. The molecule has 0 radical (unpaired) electrons. The van der Waals surface area contributed by atoms with Crippen molar-refractivity contribution >= 4 is 34.3 Å². The van der Waals surface area contributed by atoms with Gasteiger partial charge in [0.1, 0.15) is 11.3 Å². The molecule has 0 aliphatic carbocycles. The first kappa shape index (κ1) is 22.8. The average molecular weight is 429 g/mol. The van der Waals surface area contributed by atoms with Gasteiger partial charge >= 0.3 is 5.97 Å². The predicted octanol–water partition coefficient (Wildman–Crippen LogP) is 2.00. The van der Waals surface area contributed by atoms with Gasteiger partial charge in [-0.25, -0.2) is 4.79 Å². The monoisotopic (exact) mass is 428 g/mol. The molecule has 1 saturated heterocycles. The number of piperazine rings is 1. The number of H-pyrrole nitrogens is 1. The van der Waals surface area contributed by atoms with Gasteiger partial charge in [-0.2, -0.15) is 0 Å². The lowest BCUT2D eigenvalue weighted by Crippen LogP contribution is -2.49. The Hall–Kier alpha value is -2.91. The number of benzene rings is 1. The maximum atomic E-state index is 12.5. The van der Waals surface area contributed by atoms with E-state index in [2.05, 4.69) is 22.2 Å². The number of amides is 1. The van der Waals surface area contributed by atoms with E-state index in [1.54, 1.807) is 24.3 Å². The van der Waals surface area contributed by atoms with Crippen molar-refractivity contribution in [1.82, 2.24) is 14.8 Å². The van der Waals surface area contributed by atoms with Gasteiger partial charge in [0.05, 0.1) is 11.9 Å². The van der Waals surface area contributed by atoms with Crippen LogP contribution >= 0.6 is 0 Å². The highest BCUT2D eigenvalue weighted by atomic mass is 16.6. The summed E-state index contributed by atoms with van der Waals surface area (Å²) in [5.74, 6) is -0.390. The zero-order valence-corrected chi connectivity index (χ0v) is 18.6. The zero-order chi connectivity index (χ0) is 22.8. The van der Waals surface area contributed by atoms with Crippen molar-refractivity contribution in [2.45, 2.75) is 38.8 Å². The van der Waals surface area contributed by atoms with E-state index in [9.17, 15) is 9.59 Å². The molecule has 9 nitrogen and oxygen atoms in total. The van der Waals surface area contributed by atoms with E-state index in [1.165, 1.54) is 0 Å². The molecule has 0 spiro atoms. The van der Waals surface area contributed by atoms with Gasteiger partial charge in [0.15, 0.2) is 0 Å². The van der Waals surface area contributed by atoms with Crippen LogP contribution in [0.25, 0.3) is 10.9 Å². The first-order valence-electron chi connectivity index (χ1n) is 10.5. The quantitative estimate of drug-likeness (QED) is 0.328. The topological polar surface area (TPSA) is 128 Å². The smallest absolute Gasteiger partial charge is 0.355 e.